The molecule has 4 nitrogen and oxygen atoms in total. The van der Waals surface area contributed by atoms with Gasteiger partial charge in [0, 0.05) is 27.5 Å². The third-order valence-electron chi connectivity index (χ3n) is 10.7. The van der Waals surface area contributed by atoms with Gasteiger partial charge in [-0.1, -0.05) is 164 Å². The molecule has 11 rings (SSSR count). The van der Waals surface area contributed by atoms with Crippen LogP contribution in [0.15, 0.2) is 192 Å². The summed E-state index contributed by atoms with van der Waals surface area (Å²) in [4.78, 5) is 15.6. The standard InChI is InChI=1S/C51H31N3O/c1-2-12-32(13-3-1)33-24-26-35(27-25-33)49-52-50(43-22-10-17-34-14-6-7-18-38(34)43)54-51(53-49)44-29-28-41(39-19-8-9-20-40(39)44)42-21-11-23-46-48(42)45-30-36-15-4-5-16-37(36)31-47(45)55-46/h1-31H. The Bertz CT molecular complexity index is 3250. The van der Waals surface area contributed by atoms with Crippen molar-refractivity contribution in [3.05, 3.63) is 188 Å². The van der Waals surface area contributed by atoms with E-state index < -0.39 is 0 Å². The second-order valence-corrected chi connectivity index (χ2v) is 14.0. The summed E-state index contributed by atoms with van der Waals surface area (Å²) in [7, 11) is 0. The number of rotatable bonds is 5. The number of hydrogen-bond acceptors (Lipinski definition) is 4. The molecule has 0 atom stereocenters. The van der Waals surface area contributed by atoms with Gasteiger partial charge in [0.15, 0.2) is 17.5 Å². The lowest BCUT2D eigenvalue weighted by atomic mass is 9.92. The maximum absolute atomic E-state index is 6.47. The molecule has 11 aromatic rings. The first-order valence-electron chi connectivity index (χ1n) is 18.5. The van der Waals surface area contributed by atoms with Crippen LogP contribution in [0.3, 0.4) is 0 Å². The minimum Gasteiger partial charge on any atom is -0.456 e. The van der Waals surface area contributed by atoms with Crippen molar-refractivity contribution >= 4 is 54.3 Å². The second-order valence-electron chi connectivity index (χ2n) is 14.0. The van der Waals surface area contributed by atoms with Crippen LogP contribution >= 0.6 is 0 Å². The van der Waals surface area contributed by atoms with E-state index in [4.69, 9.17) is 19.4 Å². The van der Waals surface area contributed by atoms with Gasteiger partial charge in [0.2, 0.25) is 0 Å². The van der Waals surface area contributed by atoms with Gasteiger partial charge in [-0.2, -0.15) is 0 Å². The summed E-state index contributed by atoms with van der Waals surface area (Å²) in [5.74, 6) is 1.89. The Balaban J connectivity index is 1.12. The SMILES string of the molecule is c1ccc(-c2ccc(-c3nc(-c4cccc5ccccc45)nc(-c4ccc(-c5cccc6oc7cc8ccccc8cc7c56)c5ccccc45)n3)cc2)cc1. The van der Waals surface area contributed by atoms with Crippen LogP contribution in [0.4, 0.5) is 0 Å². The van der Waals surface area contributed by atoms with Gasteiger partial charge in [-0.05, 0) is 78.8 Å². The van der Waals surface area contributed by atoms with Gasteiger partial charge < -0.3 is 4.42 Å². The van der Waals surface area contributed by atoms with Crippen molar-refractivity contribution in [1.29, 1.82) is 0 Å². The van der Waals surface area contributed by atoms with Crippen LogP contribution < -0.4 is 0 Å². The van der Waals surface area contributed by atoms with Crippen LogP contribution in [0.1, 0.15) is 0 Å². The number of fused-ring (bicyclic) bond motifs is 6. The molecule has 0 saturated carbocycles. The maximum atomic E-state index is 6.47. The summed E-state index contributed by atoms with van der Waals surface area (Å²) in [6.45, 7) is 0. The van der Waals surface area contributed by atoms with Gasteiger partial charge in [-0.15, -0.1) is 0 Å². The molecular weight excluding hydrogens is 671 g/mol. The molecular formula is C51H31N3O. The smallest absolute Gasteiger partial charge is 0.164 e. The van der Waals surface area contributed by atoms with Crippen LogP contribution in [0.25, 0.3) is 111 Å². The molecule has 256 valence electrons. The summed E-state index contributed by atoms with van der Waals surface area (Å²) in [5.41, 5.74) is 9.16. The van der Waals surface area contributed by atoms with E-state index in [1.54, 1.807) is 0 Å². The zero-order valence-corrected chi connectivity index (χ0v) is 29.6. The molecule has 0 amide bonds. The largest absolute Gasteiger partial charge is 0.456 e. The molecule has 55 heavy (non-hydrogen) atoms. The van der Waals surface area contributed by atoms with Crippen molar-refractivity contribution in [3.63, 3.8) is 0 Å². The van der Waals surface area contributed by atoms with Crippen molar-refractivity contribution < 1.29 is 4.42 Å². The Labute approximate surface area is 317 Å². The van der Waals surface area contributed by atoms with Crippen LogP contribution in [-0.4, -0.2) is 15.0 Å². The lowest BCUT2D eigenvalue weighted by Crippen LogP contribution is -2.01. The zero-order chi connectivity index (χ0) is 36.3. The third kappa shape index (κ3) is 5.26. The minimum absolute atomic E-state index is 0.626. The van der Waals surface area contributed by atoms with E-state index in [0.717, 1.165) is 82.3 Å². The molecule has 0 saturated heterocycles. The van der Waals surface area contributed by atoms with E-state index in [2.05, 4.69) is 182 Å². The van der Waals surface area contributed by atoms with E-state index in [9.17, 15) is 0 Å². The molecule has 0 spiro atoms. The number of furan rings is 1. The Kier molecular flexibility index (Phi) is 7.14. The fourth-order valence-electron chi connectivity index (χ4n) is 8.07. The summed E-state index contributed by atoms with van der Waals surface area (Å²) >= 11 is 0. The molecule has 2 heterocycles. The number of hydrogen-bond donors (Lipinski definition) is 0. The Morgan fingerprint density at radius 3 is 1.60 bits per heavy atom. The number of benzene rings is 9. The summed E-state index contributed by atoms with van der Waals surface area (Å²) in [6.07, 6.45) is 0. The lowest BCUT2D eigenvalue weighted by Gasteiger charge is -2.14. The van der Waals surface area contributed by atoms with Crippen LogP contribution in [0.5, 0.6) is 0 Å². The Morgan fingerprint density at radius 2 is 0.818 bits per heavy atom. The van der Waals surface area contributed by atoms with Crippen molar-refractivity contribution in [1.82, 2.24) is 15.0 Å². The highest BCUT2D eigenvalue weighted by molar-refractivity contribution is 6.18. The summed E-state index contributed by atoms with van der Waals surface area (Å²) < 4.78 is 6.47. The van der Waals surface area contributed by atoms with Gasteiger partial charge in [-0.25, -0.2) is 15.0 Å². The van der Waals surface area contributed by atoms with E-state index in [1.807, 2.05) is 6.07 Å². The van der Waals surface area contributed by atoms with Gasteiger partial charge in [0.25, 0.3) is 0 Å². The van der Waals surface area contributed by atoms with Gasteiger partial charge in [-0.3, -0.25) is 0 Å². The first-order valence-corrected chi connectivity index (χ1v) is 18.5. The summed E-state index contributed by atoms with van der Waals surface area (Å²) in [6, 6.07) is 65.7. The molecule has 0 unspecified atom stereocenters. The molecule has 0 N–H and O–H groups in total. The normalized spacial score (nSPS) is 11.6. The minimum atomic E-state index is 0.626. The van der Waals surface area contributed by atoms with Crippen molar-refractivity contribution in [2.75, 3.05) is 0 Å². The first kappa shape index (κ1) is 31.1. The maximum Gasteiger partial charge on any atom is 0.164 e. The zero-order valence-electron chi connectivity index (χ0n) is 29.6. The van der Waals surface area contributed by atoms with Crippen molar-refractivity contribution in [2.24, 2.45) is 0 Å². The third-order valence-corrected chi connectivity index (χ3v) is 10.7. The predicted octanol–water partition coefficient (Wildman–Crippen LogP) is 13.6. The van der Waals surface area contributed by atoms with Crippen molar-refractivity contribution in [2.45, 2.75) is 0 Å². The van der Waals surface area contributed by atoms with E-state index in [1.165, 1.54) is 10.9 Å². The topological polar surface area (TPSA) is 51.8 Å². The van der Waals surface area contributed by atoms with Crippen LogP contribution in [-0.2, 0) is 0 Å². The van der Waals surface area contributed by atoms with Crippen LogP contribution in [0.2, 0.25) is 0 Å². The quantitative estimate of drug-likeness (QED) is 0.179. The fourth-order valence-corrected chi connectivity index (χ4v) is 8.07. The average molecular weight is 702 g/mol. The van der Waals surface area contributed by atoms with Crippen LogP contribution in [0, 0.1) is 0 Å². The van der Waals surface area contributed by atoms with E-state index >= 15 is 0 Å². The number of aromatic nitrogens is 3. The second kappa shape index (κ2) is 12.6. The monoisotopic (exact) mass is 701 g/mol. The lowest BCUT2D eigenvalue weighted by molar-refractivity contribution is 0.669. The van der Waals surface area contributed by atoms with E-state index in [-0.39, 0.29) is 0 Å². The predicted molar refractivity (Wildman–Crippen MR) is 227 cm³/mol. The van der Waals surface area contributed by atoms with Gasteiger partial charge in [0.05, 0.1) is 0 Å². The molecule has 2 aromatic heterocycles. The Hall–Kier alpha value is -7.43. The first-order chi connectivity index (χ1) is 27.2. The molecule has 0 fully saturated rings. The van der Waals surface area contributed by atoms with Crippen molar-refractivity contribution in [3.8, 4) is 56.4 Å². The highest BCUT2D eigenvalue weighted by atomic mass is 16.3. The molecule has 0 aliphatic rings. The molecule has 0 bridgehead atoms. The molecule has 0 aliphatic carbocycles. The molecule has 0 aliphatic heterocycles. The fraction of sp³-hybridized carbons (Fsp3) is 0. The average Bonchev–Trinajstić information content (AvgIpc) is 3.63. The van der Waals surface area contributed by atoms with E-state index in [0.29, 0.717) is 17.5 Å². The Morgan fingerprint density at radius 1 is 0.291 bits per heavy atom. The molecule has 0 radical (unpaired) electrons. The molecule has 4 heteroatoms. The highest BCUT2D eigenvalue weighted by Crippen LogP contribution is 2.42. The summed E-state index contributed by atoms with van der Waals surface area (Å²) in [5, 5.41) is 8.99. The highest BCUT2D eigenvalue weighted by Gasteiger charge is 2.19. The van der Waals surface area contributed by atoms with Gasteiger partial charge in [0.1, 0.15) is 11.2 Å². The van der Waals surface area contributed by atoms with Gasteiger partial charge >= 0.3 is 0 Å². The molecule has 9 aromatic carbocycles. The number of nitrogens with zero attached hydrogens (tertiary/aromatic N) is 3.